The highest BCUT2D eigenvalue weighted by atomic mass is 15.1. The zero-order valence-corrected chi connectivity index (χ0v) is 12.1. The van der Waals surface area contributed by atoms with Crippen LogP contribution in [0, 0.1) is 6.92 Å². The minimum absolute atomic E-state index is 1.13. The van der Waals surface area contributed by atoms with Gasteiger partial charge in [-0.2, -0.15) is 0 Å². The van der Waals surface area contributed by atoms with E-state index in [2.05, 4.69) is 63.4 Å². The molecule has 0 amide bonds. The third kappa shape index (κ3) is 6.96. The average molecular weight is 233 g/mol. The van der Waals surface area contributed by atoms with E-state index in [9.17, 15) is 0 Å². The third-order valence-corrected chi connectivity index (χ3v) is 2.89. The highest BCUT2D eigenvalue weighted by Gasteiger charge is 1.90. The van der Waals surface area contributed by atoms with Gasteiger partial charge in [0.15, 0.2) is 0 Å². The minimum Gasteiger partial charge on any atom is -0.304 e. The predicted octanol–water partition coefficient (Wildman–Crippen LogP) is 4.38. The summed E-state index contributed by atoms with van der Waals surface area (Å²) in [6, 6.07) is 8.39. The van der Waals surface area contributed by atoms with Crippen molar-refractivity contribution in [3.8, 4) is 0 Å². The fourth-order valence-electron chi connectivity index (χ4n) is 1.51. The molecule has 17 heavy (non-hydrogen) atoms. The molecule has 0 atom stereocenters. The van der Waals surface area contributed by atoms with Crippen molar-refractivity contribution in [3.63, 3.8) is 0 Å². The van der Waals surface area contributed by atoms with Crippen LogP contribution in [0.25, 0.3) is 5.57 Å². The van der Waals surface area contributed by atoms with Crippen LogP contribution in [0.1, 0.15) is 38.8 Å². The maximum Gasteiger partial charge on any atom is -0.00474 e. The van der Waals surface area contributed by atoms with Gasteiger partial charge in [0.2, 0.25) is 0 Å². The molecule has 0 aromatic heterocycles. The normalized spacial score (nSPS) is 9.76. The summed E-state index contributed by atoms with van der Waals surface area (Å²) < 4.78 is 0. The zero-order valence-electron chi connectivity index (χ0n) is 12.1. The fraction of sp³-hybridized carbons (Fsp3) is 0.500. The number of allylic oxidation sites excluding steroid dienone is 1. The van der Waals surface area contributed by atoms with Gasteiger partial charge in [-0.1, -0.05) is 62.8 Å². The van der Waals surface area contributed by atoms with Crippen molar-refractivity contribution in [2.75, 3.05) is 19.6 Å². The van der Waals surface area contributed by atoms with Crippen LogP contribution in [-0.2, 0) is 0 Å². The Labute approximate surface area is 107 Å². The van der Waals surface area contributed by atoms with Crippen LogP contribution in [-0.4, -0.2) is 24.5 Å². The lowest BCUT2D eigenvalue weighted by Gasteiger charge is -2.13. The van der Waals surface area contributed by atoms with E-state index in [0.717, 1.165) is 5.57 Å². The van der Waals surface area contributed by atoms with Crippen molar-refractivity contribution >= 4 is 5.57 Å². The summed E-state index contributed by atoms with van der Waals surface area (Å²) >= 11 is 0. The first-order chi connectivity index (χ1) is 8.04. The second kappa shape index (κ2) is 9.00. The van der Waals surface area contributed by atoms with Gasteiger partial charge >= 0.3 is 0 Å². The average Bonchev–Trinajstić information content (AvgIpc) is 2.32. The molecule has 0 aliphatic heterocycles. The number of benzene rings is 1. The number of rotatable bonds is 4. The molecular weight excluding hydrogens is 206 g/mol. The van der Waals surface area contributed by atoms with Crippen molar-refractivity contribution in [3.05, 3.63) is 42.0 Å². The van der Waals surface area contributed by atoms with E-state index in [1.54, 1.807) is 0 Å². The Balaban J connectivity index is 0.000000325. The lowest BCUT2D eigenvalue weighted by molar-refractivity contribution is 0.321. The van der Waals surface area contributed by atoms with E-state index < -0.39 is 0 Å². The van der Waals surface area contributed by atoms with Gasteiger partial charge in [0.05, 0.1) is 0 Å². The summed E-state index contributed by atoms with van der Waals surface area (Å²) in [5, 5.41) is 0. The summed E-state index contributed by atoms with van der Waals surface area (Å²) in [6.07, 6.45) is 0. The van der Waals surface area contributed by atoms with Crippen LogP contribution in [0.5, 0.6) is 0 Å². The predicted molar refractivity (Wildman–Crippen MR) is 79.3 cm³/mol. The Bertz CT molecular complexity index is 301. The molecule has 0 fully saturated rings. The van der Waals surface area contributed by atoms with Crippen molar-refractivity contribution in [1.29, 1.82) is 0 Å². The summed E-state index contributed by atoms with van der Waals surface area (Å²) in [4.78, 5) is 2.38. The summed E-state index contributed by atoms with van der Waals surface area (Å²) in [7, 11) is 0. The topological polar surface area (TPSA) is 3.24 Å². The largest absolute Gasteiger partial charge is 0.304 e. The monoisotopic (exact) mass is 233 g/mol. The molecule has 0 bridgehead atoms. The smallest absolute Gasteiger partial charge is 0.00474 e. The number of hydrogen-bond donors (Lipinski definition) is 0. The van der Waals surface area contributed by atoms with Gasteiger partial charge in [0, 0.05) is 0 Å². The minimum atomic E-state index is 1.13. The van der Waals surface area contributed by atoms with E-state index in [-0.39, 0.29) is 0 Å². The molecule has 0 heterocycles. The molecule has 1 nitrogen and oxygen atoms in total. The van der Waals surface area contributed by atoms with E-state index in [0.29, 0.717) is 0 Å². The second-order valence-electron chi connectivity index (χ2n) is 4.27. The molecule has 0 aliphatic carbocycles. The number of nitrogens with zero attached hydrogens (tertiary/aromatic N) is 1. The van der Waals surface area contributed by atoms with Gasteiger partial charge in [-0.25, -0.2) is 0 Å². The molecule has 0 radical (unpaired) electrons. The summed E-state index contributed by atoms with van der Waals surface area (Å²) in [6.45, 7) is 18.1. The molecule has 1 aromatic carbocycles. The van der Waals surface area contributed by atoms with Crippen molar-refractivity contribution in [2.24, 2.45) is 0 Å². The van der Waals surface area contributed by atoms with E-state index in [1.165, 1.54) is 30.8 Å². The van der Waals surface area contributed by atoms with Crippen LogP contribution >= 0.6 is 0 Å². The maximum absolute atomic E-state index is 3.86. The molecule has 0 saturated heterocycles. The fourth-order valence-corrected chi connectivity index (χ4v) is 1.51. The van der Waals surface area contributed by atoms with Gasteiger partial charge in [-0.05, 0) is 39.0 Å². The van der Waals surface area contributed by atoms with Crippen molar-refractivity contribution in [1.82, 2.24) is 4.90 Å². The van der Waals surface area contributed by atoms with Gasteiger partial charge in [0.1, 0.15) is 0 Å². The molecular formula is C16H27N. The molecule has 0 aliphatic rings. The zero-order chi connectivity index (χ0) is 13.3. The Hall–Kier alpha value is -1.08. The van der Waals surface area contributed by atoms with E-state index in [1.807, 2.05) is 6.92 Å². The van der Waals surface area contributed by atoms with Crippen LogP contribution in [0.3, 0.4) is 0 Å². The Kier molecular flexibility index (Phi) is 8.43. The molecule has 1 rings (SSSR count). The lowest BCUT2D eigenvalue weighted by atomic mass is 10.1. The molecule has 0 spiro atoms. The van der Waals surface area contributed by atoms with Crippen molar-refractivity contribution < 1.29 is 0 Å². The third-order valence-electron chi connectivity index (χ3n) is 2.89. The Morgan fingerprint density at radius 3 is 1.65 bits per heavy atom. The molecule has 1 heteroatoms. The maximum atomic E-state index is 3.86. The number of aryl methyl sites for hydroxylation is 1. The van der Waals surface area contributed by atoms with E-state index in [4.69, 9.17) is 0 Å². The van der Waals surface area contributed by atoms with Gasteiger partial charge in [-0.3, -0.25) is 0 Å². The van der Waals surface area contributed by atoms with Crippen LogP contribution < -0.4 is 0 Å². The summed E-state index contributed by atoms with van der Waals surface area (Å²) in [5.74, 6) is 0. The quantitative estimate of drug-likeness (QED) is 0.746. The van der Waals surface area contributed by atoms with Gasteiger partial charge in [-0.15, -0.1) is 0 Å². The number of hydrogen-bond acceptors (Lipinski definition) is 1. The highest BCUT2D eigenvalue weighted by Crippen LogP contribution is 2.11. The van der Waals surface area contributed by atoms with Crippen LogP contribution in [0.2, 0.25) is 0 Å². The summed E-state index contributed by atoms with van der Waals surface area (Å²) in [5.41, 5.74) is 3.65. The van der Waals surface area contributed by atoms with Crippen LogP contribution in [0.4, 0.5) is 0 Å². The first-order valence-corrected chi connectivity index (χ1v) is 6.49. The van der Waals surface area contributed by atoms with Crippen LogP contribution in [0.15, 0.2) is 30.8 Å². The molecule has 1 aromatic rings. The molecule has 0 saturated carbocycles. The molecule has 0 N–H and O–H groups in total. The van der Waals surface area contributed by atoms with Gasteiger partial charge in [0.25, 0.3) is 0 Å². The van der Waals surface area contributed by atoms with E-state index >= 15 is 0 Å². The van der Waals surface area contributed by atoms with Gasteiger partial charge < -0.3 is 4.90 Å². The second-order valence-corrected chi connectivity index (χ2v) is 4.27. The molecule has 0 unspecified atom stereocenters. The standard InChI is InChI=1S/C10H12.C6H15N/c1-8(2)10-6-4-9(3)5-7-10;1-4-7(5-2)6-3/h4-7H,1H2,2-3H3;4-6H2,1-3H3. The highest BCUT2D eigenvalue weighted by molar-refractivity contribution is 5.61. The Morgan fingerprint density at radius 2 is 1.41 bits per heavy atom. The molecule has 96 valence electrons. The first kappa shape index (κ1) is 15.9. The Morgan fingerprint density at radius 1 is 1.00 bits per heavy atom. The SMILES string of the molecule is C=C(C)c1ccc(C)cc1.CCN(CC)CC. The lowest BCUT2D eigenvalue weighted by Crippen LogP contribution is -2.21. The van der Waals surface area contributed by atoms with Crippen molar-refractivity contribution in [2.45, 2.75) is 34.6 Å². The first-order valence-electron chi connectivity index (χ1n) is 6.49.